The molecule has 0 bridgehead atoms. The van der Waals surface area contributed by atoms with Crippen LogP contribution in [0.15, 0.2) is 0 Å². The molecule has 0 aromatic carbocycles. The van der Waals surface area contributed by atoms with Crippen LogP contribution in [0.1, 0.15) is 13.8 Å². The lowest BCUT2D eigenvalue weighted by atomic mass is 10.1. The lowest BCUT2D eigenvalue weighted by molar-refractivity contribution is -0.153. The summed E-state index contributed by atoms with van der Waals surface area (Å²) in [7, 11) is 0. The van der Waals surface area contributed by atoms with E-state index in [9.17, 15) is 19.2 Å². The van der Waals surface area contributed by atoms with Gasteiger partial charge in [-0.2, -0.15) is 0 Å². The van der Waals surface area contributed by atoms with Crippen LogP contribution in [0.4, 0.5) is 0 Å². The lowest BCUT2D eigenvalue weighted by Gasteiger charge is -2.14. The Morgan fingerprint density at radius 3 is 1.60 bits per heavy atom. The average Bonchev–Trinajstić information content (AvgIpc) is 2.30. The fraction of sp³-hybridized carbons (Fsp3) is 0.500. The van der Waals surface area contributed by atoms with Crippen molar-refractivity contribution in [3.05, 3.63) is 0 Å². The molecule has 1 heterocycles. The van der Waals surface area contributed by atoms with Crippen molar-refractivity contribution in [3.8, 4) is 0 Å². The minimum Gasteiger partial charge on any atom is -0.390 e. The highest BCUT2D eigenvalue weighted by molar-refractivity contribution is 6.03. The summed E-state index contributed by atoms with van der Waals surface area (Å²) in [5.74, 6) is -2.70. The Morgan fingerprint density at radius 2 is 1.33 bits per heavy atom. The van der Waals surface area contributed by atoms with Crippen molar-refractivity contribution in [1.82, 2.24) is 10.6 Å². The molecule has 2 unspecified atom stereocenters. The number of cyclic esters (lactones) is 2. The van der Waals surface area contributed by atoms with Crippen LogP contribution in [0.25, 0.3) is 0 Å². The van der Waals surface area contributed by atoms with Crippen LogP contribution in [0.3, 0.4) is 0 Å². The number of rotatable bonds is 2. The van der Waals surface area contributed by atoms with Crippen molar-refractivity contribution in [2.24, 2.45) is 0 Å². The topological polar surface area (TPSA) is 102 Å². The number of nitrogens with one attached hydrogen (secondary N) is 2. The molecule has 1 aliphatic rings. The van der Waals surface area contributed by atoms with Crippen LogP contribution in [-0.2, 0) is 23.9 Å². The van der Waals surface area contributed by atoms with Gasteiger partial charge in [-0.15, -0.1) is 0 Å². The first-order chi connectivity index (χ1) is 6.91. The molecule has 0 saturated carbocycles. The van der Waals surface area contributed by atoms with E-state index in [1.165, 1.54) is 13.8 Å². The third-order valence-corrected chi connectivity index (χ3v) is 1.76. The largest absolute Gasteiger partial charge is 0.390 e. The van der Waals surface area contributed by atoms with Gasteiger partial charge in [0.15, 0.2) is 12.1 Å². The number of amides is 2. The summed E-state index contributed by atoms with van der Waals surface area (Å²) in [6, 6.07) is -2.28. The summed E-state index contributed by atoms with van der Waals surface area (Å²) in [5.41, 5.74) is 0. The summed E-state index contributed by atoms with van der Waals surface area (Å²) < 4.78 is 4.28. The van der Waals surface area contributed by atoms with E-state index < -0.39 is 35.8 Å². The molecule has 0 aromatic heterocycles. The van der Waals surface area contributed by atoms with Crippen LogP contribution in [0.5, 0.6) is 0 Å². The van der Waals surface area contributed by atoms with Gasteiger partial charge in [0.2, 0.25) is 11.8 Å². The molecule has 0 aliphatic carbocycles. The maximum Gasteiger partial charge on any atom is 0.339 e. The van der Waals surface area contributed by atoms with Gasteiger partial charge < -0.3 is 15.4 Å². The van der Waals surface area contributed by atoms with Crippen LogP contribution in [0, 0.1) is 0 Å². The fourth-order valence-corrected chi connectivity index (χ4v) is 1.22. The quantitative estimate of drug-likeness (QED) is 0.412. The molecule has 0 aromatic rings. The maximum atomic E-state index is 11.1. The molecule has 7 nitrogen and oxygen atoms in total. The summed E-state index contributed by atoms with van der Waals surface area (Å²) in [6.07, 6.45) is 0. The minimum atomic E-state index is -1.14. The lowest BCUT2D eigenvalue weighted by Crippen LogP contribution is -2.52. The smallest absolute Gasteiger partial charge is 0.339 e. The number of esters is 2. The zero-order valence-corrected chi connectivity index (χ0v) is 8.20. The second-order valence-corrected chi connectivity index (χ2v) is 3.10. The van der Waals surface area contributed by atoms with Gasteiger partial charge in [-0.05, 0) is 0 Å². The molecule has 1 saturated heterocycles. The van der Waals surface area contributed by atoms with E-state index in [1.54, 1.807) is 0 Å². The maximum absolute atomic E-state index is 11.1. The number of carbonyl (C=O) groups excluding carboxylic acids is 4. The number of hydrogen-bond acceptors (Lipinski definition) is 5. The summed E-state index contributed by atoms with van der Waals surface area (Å²) in [4.78, 5) is 43.7. The SMILES string of the molecule is CC(=O)NC1C(=O)OC(=O)C1NC(C)=O. The first kappa shape index (κ1) is 11.2. The molecule has 2 N–H and O–H groups in total. The zero-order valence-electron chi connectivity index (χ0n) is 8.20. The Hall–Kier alpha value is -1.92. The highest BCUT2D eigenvalue weighted by Gasteiger charge is 2.45. The molecule has 1 aliphatic heterocycles. The van der Waals surface area contributed by atoms with E-state index in [4.69, 9.17) is 0 Å². The Kier molecular flexibility index (Phi) is 3.03. The van der Waals surface area contributed by atoms with Crippen LogP contribution >= 0.6 is 0 Å². The summed E-state index contributed by atoms with van der Waals surface area (Å²) in [6.45, 7) is 2.39. The van der Waals surface area contributed by atoms with Gasteiger partial charge >= 0.3 is 11.9 Å². The average molecular weight is 214 g/mol. The van der Waals surface area contributed by atoms with E-state index >= 15 is 0 Å². The molecule has 0 spiro atoms. The van der Waals surface area contributed by atoms with Gasteiger partial charge in [-0.1, -0.05) is 0 Å². The molecule has 2 amide bonds. The Bertz CT molecular complexity index is 306. The van der Waals surface area contributed by atoms with E-state index in [1.807, 2.05) is 0 Å². The van der Waals surface area contributed by atoms with E-state index in [0.29, 0.717) is 0 Å². The van der Waals surface area contributed by atoms with Crippen molar-refractivity contribution in [2.75, 3.05) is 0 Å². The second-order valence-electron chi connectivity index (χ2n) is 3.10. The third-order valence-electron chi connectivity index (χ3n) is 1.76. The molecule has 0 radical (unpaired) electrons. The number of hydrogen-bond donors (Lipinski definition) is 2. The van der Waals surface area contributed by atoms with Crippen molar-refractivity contribution in [2.45, 2.75) is 25.9 Å². The molecular formula is C8H10N2O5. The molecule has 15 heavy (non-hydrogen) atoms. The third kappa shape index (κ3) is 2.52. The minimum absolute atomic E-state index is 0.484. The Balaban J connectivity index is 2.79. The van der Waals surface area contributed by atoms with Crippen molar-refractivity contribution >= 4 is 23.8 Å². The van der Waals surface area contributed by atoms with Gasteiger partial charge in [0.1, 0.15) is 0 Å². The summed E-state index contributed by atoms with van der Waals surface area (Å²) in [5, 5.41) is 4.46. The van der Waals surface area contributed by atoms with Crippen LogP contribution < -0.4 is 10.6 Å². The number of ether oxygens (including phenoxy) is 1. The van der Waals surface area contributed by atoms with E-state index in [-0.39, 0.29) is 0 Å². The van der Waals surface area contributed by atoms with Crippen LogP contribution in [0.2, 0.25) is 0 Å². The first-order valence-corrected chi connectivity index (χ1v) is 4.21. The summed E-state index contributed by atoms with van der Waals surface area (Å²) >= 11 is 0. The Morgan fingerprint density at radius 1 is 1.00 bits per heavy atom. The fourth-order valence-electron chi connectivity index (χ4n) is 1.22. The van der Waals surface area contributed by atoms with Crippen molar-refractivity contribution in [3.63, 3.8) is 0 Å². The van der Waals surface area contributed by atoms with Gasteiger partial charge in [-0.25, -0.2) is 9.59 Å². The monoisotopic (exact) mass is 214 g/mol. The molecule has 82 valence electrons. The van der Waals surface area contributed by atoms with Crippen molar-refractivity contribution in [1.29, 1.82) is 0 Å². The van der Waals surface area contributed by atoms with Gasteiger partial charge in [0, 0.05) is 13.8 Å². The molecule has 1 fully saturated rings. The standard InChI is InChI=1S/C8H10N2O5/c1-3(11)9-5-6(10-4(2)12)8(14)15-7(5)13/h5-6H,1-2H3,(H,9,11)(H,10,12). The van der Waals surface area contributed by atoms with Gasteiger partial charge in [0.05, 0.1) is 0 Å². The highest BCUT2D eigenvalue weighted by Crippen LogP contribution is 2.09. The van der Waals surface area contributed by atoms with E-state index in [0.717, 1.165) is 0 Å². The van der Waals surface area contributed by atoms with Gasteiger partial charge in [-0.3, -0.25) is 9.59 Å². The van der Waals surface area contributed by atoms with Crippen LogP contribution in [-0.4, -0.2) is 35.8 Å². The molecule has 7 heteroatoms. The van der Waals surface area contributed by atoms with Gasteiger partial charge in [0.25, 0.3) is 0 Å². The normalized spacial score (nSPS) is 24.7. The molecular weight excluding hydrogens is 204 g/mol. The second kappa shape index (κ2) is 4.07. The molecule has 2 atom stereocenters. The van der Waals surface area contributed by atoms with E-state index in [2.05, 4.69) is 15.4 Å². The molecule has 1 rings (SSSR count). The first-order valence-electron chi connectivity index (χ1n) is 4.21. The Labute approximate surface area is 85.1 Å². The number of carbonyl (C=O) groups is 4. The zero-order chi connectivity index (χ0) is 11.6. The van der Waals surface area contributed by atoms with Crippen molar-refractivity contribution < 1.29 is 23.9 Å². The predicted molar refractivity (Wildman–Crippen MR) is 46.3 cm³/mol. The highest BCUT2D eigenvalue weighted by atomic mass is 16.6. The predicted octanol–water partition coefficient (Wildman–Crippen LogP) is -1.92.